The minimum atomic E-state index is -3.72. The Bertz CT molecular complexity index is 935. The van der Waals surface area contributed by atoms with Gasteiger partial charge in [-0.2, -0.15) is 0 Å². The van der Waals surface area contributed by atoms with Crippen molar-refractivity contribution in [3.05, 3.63) is 54.1 Å². The fourth-order valence-electron chi connectivity index (χ4n) is 2.56. The van der Waals surface area contributed by atoms with Gasteiger partial charge in [-0.15, -0.1) is 0 Å². The molecule has 0 radical (unpaired) electrons. The van der Waals surface area contributed by atoms with Crippen LogP contribution >= 0.6 is 0 Å². The summed E-state index contributed by atoms with van der Waals surface area (Å²) in [5, 5.41) is 2.71. The lowest BCUT2D eigenvalue weighted by atomic mass is 10.2. The van der Waals surface area contributed by atoms with Crippen LogP contribution in [0.15, 0.2) is 42.5 Å². The first-order valence-electron chi connectivity index (χ1n) is 8.66. The van der Waals surface area contributed by atoms with Crippen LogP contribution in [0.5, 0.6) is 5.75 Å². The average molecular weight is 412 g/mol. The number of benzene rings is 2. The summed E-state index contributed by atoms with van der Waals surface area (Å²) < 4.78 is 56.8. The molecule has 0 aliphatic carbocycles. The third kappa shape index (κ3) is 6.19. The van der Waals surface area contributed by atoms with Crippen LogP contribution in [-0.4, -0.2) is 33.7 Å². The first-order chi connectivity index (χ1) is 13.2. The zero-order valence-corrected chi connectivity index (χ0v) is 16.4. The van der Waals surface area contributed by atoms with Gasteiger partial charge in [0.1, 0.15) is 5.75 Å². The molecule has 0 atom stereocenters. The highest BCUT2D eigenvalue weighted by Gasteiger charge is 2.19. The van der Waals surface area contributed by atoms with E-state index in [4.69, 9.17) is 4.74 Å². The summed E-state index contributed by atoms with van der Waals surface area (Å²) in [6.45, 7) is 2.31. The highest BCUT2D eigenvalue weighted by Crippen LogP contribution is 2.21. The van der Waals surface area contributed by atoms with Gasteiger partial charge in [0.05, 0.1) is 18.6 Å². The molecule has 152 valence electrons. The maximum atomic E-state index is 13.4. The van der Waals surface area contributed by atoms with Crippen LogP contribution in [0.2, 0.25) is 0 Å². The Morgan fingerprint density at radius 3 is 2.54 bits per heavy atom. The van der Waals surface area contributed by atoms with Crippen molar-refractivity contribution < 1.29 is 26.7 Å². The van der Waals surface area contributed by atoms with Crippen molar-refractivity contribution in [2.45, 2.75) is 19.8 Å². The fourth-order valence-corrected chi connectivity index (χ4v) is 3.52. The molecule has 0 heterocycles. The third-order valence-corrected chi connectivity index (χ3v) is 4.98. The van der Waals surface area contributed by atoms with Gasteiger partial charge in [-0.3, -0.25) is 9.10 Å². The maximum absolute atomic E-state index is 13.4. The number of anilines is 2. The summed E-state index contributed by atoms with van der Waals surface area (Å²) in [7, 11) is -3.72. The molecule has 0 aliphatic heterocycles. The number of nitrogens with one attached hydrogen (secondary N) is 1. The second-order valence-corrected chi connectivity index (χ2v) is 7.95. The molecule has 2 aromatic rings. The van der Waals surface area contributed by atoms with E-state index in [9.17, 15) is 22.0 Å². The topological polar surface area (TPSA) is 75.7 Å². The van der Waals surface area contributed by atoms with Crippen molar-refractivity contribution in [2.75, 3.05) is 29.0 Å². The molecule has 0 spiro atoms. The van der Waals surface area contributed by atoms with E-state index in [1.807, 2.05) is 6.92 Å². The number of amides is 1. The van der Waals surface area contributed by atoms with Gasteiger partial charge >= 0.3 is 0 Å². The molecule has 0 aliphatic rings. The Morgan fingerprint density at radius 1 is 1.14 bits per heavy atom. The number of hydrogen-bond donors (Lipinski definition) is 1. The van der Waals surface area contributed by atoms with Crippen LogP contribution in [0.3, 0.4) is 0 Å². The van der Waals surface area contributed by atoms with Crippen LogP contribution in [0.4, 0.5) is 20.2 Å². The van der Waals surface area contributed by atoms with Gasteiger partial charge in [0.25, 0.3) is 0 Å². The summed E-state index contributed by atoms with van der Waals surface area (Å²) in [4.78, 5) is 12.1. The molecule has 6 nitrogen and oxygen atoms in total. The molecule has 1 amide bonds. The van der Waals surface area contributed by atoms with Crippen LogP contribution in [0.25, 0.3) is 0 Å². The highest BCUT2D eigenvalue weighted by atomic mass is 32.2. The smallest absolute Gasteiger partial charge is 0.232 e. The highest BCUT2D eigenvalue weighted by molar-refractivity contribution is 7.92. The number of carbonyl (C=O) groups excluding carboxylic acids is 1. The SMILES string of the molecule is CCOc1cccc(NC(=O)CCCN(c2ccc(F)c(F)c2)S(C)(=O)=O)c1. The lowest BCUT2D eigenvalue weighted by Gasteiger charge is -2.22. The lowest BCUT2D eigenvalue weighted by Crippen LogP contribution is -2.31. The Kier molecular flexibility index (Phi) is 7.33. The van der Waals surface area contributed by atoms with Gasteiger partial charge in [0, 0.05) is 30.8 Å². The molecule has 2 aromatic carbocycles. The van der Waals surface area contributed by atoms with E-state index in [1.165, 1.54) is 6.07 Å². The number of halogens is 2. The fraction of sp³-hybridized carbons (Fsp3) is 0.316. The number of hydrogen-bond acceptors (Lipinski definition) is 4. The molecule has 0 saturated heterocycles. The van der Waals surface area contributed by atoms with Gasteiger partial charge in [-0.1, -0.05) is 6.07 Å². The van der Waals surface area contributed by atoms with Gasteiger partial charge < -0.3 is 10.1 Å². The largest absolute Gasteiger partial charge is 0.494 e. The molecule has 1 N–H and O–H groups in total. The van der Waals surface area contributed by atoms with Crippen LogP contribution in [0.1, 0.15) is 19.8 Å². The number of sulfonamides is 1. The van der Waals surface area contributed by atoms with Crippen LogP contribution in [-0.2, 0) is 14.8 Å². The molecule has 0 fully saturated rings. The van der Waals surface area contributed by atoms with E-state index in [2.05, 4.69) is 5.32 Å². The van der Waals surface area contributed by atoms with E-state index in [-0.39, 0.29) is 31.0 Å². The molecule has 0 aromatic heterocycles. The molecule has 0 saturated carbocycles. The maximum Gasteiger partial charge on any atom is 0.232 e. The van der Waals surface area contributed by atoms with Crippen molar-refractivity contribution in [2.24, 2.45) is 0 Å². The molecule has 0 unspecified atom stereocenters. The van der Waals surface area contributed by atoms with Crippen molar-refractivity contribution in [3.8, 4) is 5.75 Å². The van der Waals surface area contributed by atoms with E-state index < -0.39 is 21.7 Å². The lowest BCUT2D eigenvalue weighted by molar-refractivity contribution is -0.116. The quantitative estimate of drug-likeness (QED) is 0.684. The van der Waals surface area contributed by atoms with E-state index in [0.717, 1.165) is 22.7 Å². The number of carbonyl (C=O) groups is 1. The van der Waals surface area contributed by atoms with Gasteiger partial charge in [0.15, 0.2) is 11.6 Å². The van der Waals surface area contributed by atoms with E-state index in [1.54, 1.807) is 24.3 Å². The van der Waals surface area contributed by atoms with Crippen molar-refractivity contribution >= 4 is 27.3 Å². The first kappa shape index (κ1) is 21.6. The van der Waals surface area contributed by atoms with Gasteiger partial charge in [-0.25, -0.2) is 17.2 Å². The monoisotopic (exact) mass is 412 g/mol. The van der Waals surface area contributed by atoms with E-state index >= 15 is 0 Å². The summed E-state index contributed by atoms with van der Waals surface area (Å²) >= 11 is 0. The van der Waals surface area contributed by atoms with Crippen molar-refractivity contribution in [3.63, 3.8) is 0 Å². The summed E-state index contributed by atoms with van der Waals surface area (Å²) in [6.07, 6.45) is 1.21. The Hall–Kier alpha value is -2.68. The molecule has 0 bridgehead atoms. The molecular formula is C19H22F2N2O4S. The summed E-state index contributed by atoms with van der Waals surface area (Å²) in [6, 6.07) is 9.77. The van der Waals surface area contributed by atoms with Crippen molar-refractivity contribution in [1.82, 2.24) is 0 Å². The second-order valence-electron chi connectivity index (χ2n) is 6.05. The predicted molar refractivity (Wildman–Crippen MR) is 104 cm³/mol. The number of nitrogens with zero attached hydrogens (tertiary/aromatic N) is 1. The minimum absolute atomic E-state index is 0.00576. The van der Waals surface area contributed by atoms with Gasteiger partial charge in [-0.05, 0) is 37.6 Å². The Morgan fingerprint density at radius 2 is 1.89 bits per heavy atom. The zero-order chi connectivity index (χ0) is 20.7. The van der Waals surface area contributed by atoms with Crippen molar-refractivity contribution in [1.29, 1.82) is 0 Å². The Balaban J connectivity index is 1.97. The summed E-state index contributed by atoms with van der Waals surface area (Å²) in [5.74, 6) is -1.88. The molecule has 28 heavy (non-hydrogen) atoms. The van der Waals surface area contributed by atoms with Gasteiger partial charge in [0.2, 0.25) is 15.9 Å². The normalized spacial score (nSPS) is 11.1. The van der Waals surface area contributed by atoms with Crippen LogP contribution in [0, 0.1) is 11.6 Å². The molecule has 9 heteroatoms. The zero-order valence-electron chi connectivity index (χ0n) is 15.6. The average Bonchev–Trinajstić information content (AvgIpc) is 2.61. The first-order valence-corrected chi connectivity index (χ1v) is 10.5. The number of rotatable bonds is 9. The minimum Gasteiger partial charge on any atom is -0.494 e. The Labute approximate surface area is 163 Å². The standard InChI is InChI=1S/C19H22F2N2O4S/c1-3-27-16-7-4-6-14(12-16)22-19(24)8-5-11-23(28(2,25)26)15-9-10-17(20)18(21)13-15/h4,6-7,9-10,12-13H,3,5,8,11H2,1-2H3,(H,22,24). The van der Waals surface area contributed by atoms with Crippen LogP contribution < -0.4 is 14.4 Å². The molecule has 2 rings (SSSR count). The summed E-state index contributed by atoms with van der Waals surface area (Å²) in [5.41, 5.74) is 0.572. The molecular weight excluding hydrogens is 390 g/mol. The van der Waals surface area contributed by atoms with E-state index in [0.29, 0.717) is 18.0 Å². The predicted octanol–water partition coefficient (Wildman–Crippen LogP) is 3.55. The number of ether oxygens (including phenoxy) is 1. The second kappa shape index (κ2) is 9.50. The third-order valence-electron chi connectivity index (χ3n) is 3.79.